The summed E-state index contributed by atoms with van der Waals surface area (Å²) in [6, 6.07) is 24.6. The van der Waals surface area contributed by atoms with Gasteiger partial charge in [-0.05, 0) is 91.4 Å². The Kier molecular flexibility index (Phi) is 23.2. The molecule has 508 valence electrons. The van der Waals surface area contributed by atoms with E-state index >= 15 is 0 Å². The summed E-state index contributed by atoms with van der Waals surface area (Å²) in [5.74, 6) is -1.37. The van der Waals surface area contributed by atoms with Crippen LogP contribution in [0.2, 0.25) is 0 Å². The van der Waals surface area contributed by atoms with Crippen molar-refractivity contribution in [1.29, 1.82) is 0 Å². The van der Waals surface area contributed by atoms with Crippen molar-refractivity contribution < 1.29 is 54.9 Å². The van der Waals surface area contributed by atoms with Crippen LogP contribution in [0.5, 0.6) is 23.0 Å². The van der Waals surface area contributed by atoms with Crippen molar-refractivity contribution in [3.05, 3.63) is 243 Å². The molecule has 99 heavy (non-hydrogen) atoms. The van der Waals surface area contributed by atoms with E-state index in [1.165, 1.54) is 66.7 Å². The first-order valence-corrected chi connectivity index (χ1v) is 31.1. The van der Waals surface area contributed by atoms with Crippen molar-refractivity contribution in [3.8, 4) is 23.0 Å². The third kappa shape index (κ3) is 19.2. The van der Waals surface area contributed by atoms with Gasteiger partial charge in [0.15, 0.2) is 0 Å². The summed E-state index contributed by atoms with van der Waals surface area (Å²) in [5.41, 5.74) is -3.94. The Balaban J connectivity index is 1.23. The molecule has 8 aromatic rings. The number of aryl methyl sites for hydroxylation is 2. The number of nitrogens with zero attached hydrogens (tertiary/aromatic N) is 15. The van der Waals surface area contributed by atoms with E-state index in [1.807, 2.05) is 0 Å². The maximum atomic E-state index is 12.6. The molecule has 0 saturated heterocycles. The number of nitro benzene ring substituents is 7. The van der Waals surface area contributed by atoms with Crippen molar-refractivity contribution in [2.24, 2.45) is 40.9 Å². The molecule has 33 heteroatoms. The van der Waals surface area contributed by atoms with E-state index < -0.39 is 86.5 Å². The summed E-state index contributed by atoms with van der Waals surface area (Å²) >= 11 is 0. The van der Waals surface area contributed by atoms with E-state index in [0.29, 0.717) is 36.8 Å². The molecule has 1 aliphatic carbocycles. The van der Waals surface area contributed by atoms with Crippen LogP contribution < -0.4 is 0 Å². The number of phenolic OH excluding ortho intramolecular Hbond substituents is 4. The van der Waals surface area contributed by atoms with Crippen molar-refractivity contribution in [2.75, 3.05) is 0 Å². The number of non-ortho nitro benzene ring substituents is 7. The number of nitro groups is 7. The molecule has 0 fully saturated rings. The average molecular weight is 1350 g/mol. The Morgan fingerprint density at radius 1 is 0.232 bits per heavy atom. The molecule has 9 rings (SSSR count). The van der Waals surface area contributed by atoms with Crippen LogP contribution in [0, 0.1) is 70.8 Å². The molecule has 0 spiro atoms. The summed E-state index contributed by atoms with van der Waals surface area (Å²) in [5, 5.41) is 166. The van der Waals surface area contributed by atoms with Gasteiger partial charge in [-0.1, -0.05) is 76.7 Å². The highest BCUT2D eigenvalue weighted by Crippen LogP contribution is 2.43. The Labute approximate surface area is 560 Å². The zero-order valence-corrected chi connectivity index (χ0v) is 52.6. The van der Waals surface area contributed by atoms with Crippen molar-refractivity contribution >= 4 is 85.3 Å². The monoisotopic (exact) mass is 1350 g/mol. The van der Waals surface area contributed by atoms with Gasteiger partial charge in [-0.3, -0.25) is 70.8 Å². The molecule has 0 atom stereocenters. The number of hydrogen-bond acceptors (Lipinski definition) is 26. The maximum absolute atomic E-state index is 12.6. The summed E-state index contributed by atoms with van der Waals surface area (Å²) in [4.78, 5) is 77.2. The third-order valence-corrected chi connectivity index (χ3v) is 16.1. The standard InChI is InChI=1S/C66H61N15O18/c82-63-40-15-12-10-8-6-4-2-1-3-5-7-9-11-13-16-41-23-50(69-72-53-31-57(76(88)89)37-58(32-53)77(90)91)25-43(64(41)83)20-45-27-52(71-74-55-35-61(80(96)97)39-62(36-55)81(98)99)29-47(66(45)85)21-46-28-51(70-73-54-33-59(78(92)93)38-60(34-54)79(94)95)26-44(65(46)84)19-42(63)24-49(22-40)68-67-48-17-14-18-56(30-48)75(86)87/h14,17-18,22-39,82-85H,1-13,15-16,19-21H2. The second kappa shape index (κ2) is 32.5. The first-order chi connectivity index (χ1) is 47.4. The zero-order valence-electron chi connectivity index (χ0n) is 52.6. The lowest BCUT2D eigenvalue weighted by molar-refractivity contribution is -0.394. The van der Waals surface area contributed by atoms with Crippen LogP contribution in [0.3, 0.4) is 0 Å². The van der Waals surface area contributed by atoms with E-state index in [2.05, 4.69) is 40.9 Å². The van der Waals surface area contributed by atoms with Gasteiger partial charge >= 0.3 is 0 Å². The first kappa shape index (κ1) is 70.5. The Bertz CT molecular complexity index is 4520. The number of rotatable bonds is 15. The van der Waals surface area contributed by atoms with E-state index in [0.717, 1.165) is 125 Å². The molecule has 0 heterocycles. The highest BCUT2D eigenvalue weighted by molar-refractivity contribution is 5.64. The van der Waals surface area contributed by atoms with Gasteiger partial charge in [0, 0.05) is 101 Å². The van der Waals surface area contributed by atoms with E-state index in [9.17, 15) is 91.2 Å². The normalized spacial score (nSPS) is 13.9. The molecule has 0 radical (unpaired) electrons. The predicted octanol–water partition coefficient (Wildman–Crippen LogP) is 19.5. The third-order valence-electron chi connectivity index (χ3n) is 16.1. The van der Waals surface area contributed by atoms with Gasteiger partial charge in [0.2, 0.25) is 0 Å². The Morgan fingerprint density at radius 3 is 0.667 bits per heavy atom. The lowest BCUT2D eigenvalue weighted by atomic mass is 9.92. The molecule has 0 unspecified atom stereocenters. The van der Waals surface area contributed by atoms with Gasteiger partial charge in [0.25, 0.3) is 39.8 Å². The van der Waals surface area contributed by atoms with Crippen molar-refractivity contribution in [2.45, 2.75) is 116 Å². The Hall–Kier alpha value is -12.8. The number of fused-ring (bicyclic) bond motifs is 8. The van der Waals surface area contributed by atoms with Gasteiger partial charge in [-0.15, -0.1) is 0 Å². The number of aromatic hydroxyl groups is 4. The fraction of sp³-hybridized carbons (Fsp3) is 0.273. The summed E-state index contributed by atoms with van der Waals surface area (Å²) < 4.78 is 0. The van der Waals surface area contributed by atoms with E-state index in [-0.39, 0.29) is 109 Å². The summed E-state index contributed by atoms with van der Waals surface area (Å²) in [6.45, 7) is 0. The van der Waals surface area contributed by atoms with Crippen LogP contribution in [-0.4, -0.2) is 54.9 Å². The molecular formula is C66H61N15O18. The number of phenols is 4. The molecule has 8 aromatic carbocycles. The minimum Gasteiger partial charge on any atom is -0.507 e. The van der Waals surface area contributed by atoms with Crippen LogP contribution >= 0.6 is 0 Å². The molecule has 0 aromatic heterocycles. The SMILES string of the molecule is O=[N+]([O-])c1cccc(N=Nc2cc3c(O)c(c2)Cc2cc(N=Nc4cc([N+](=O)[O-])cc([N+](=O)[O-])c4)cc(c2O)Cc2cc(N=Nc4cc([N+](=O)[O-])cc([N+](=O)[O-])c4)cc(c2O)Cc2cc(N=Nc4cc([N+](=O)[O-])cc([N+](=O)[O-])c4)cc(c2O)CCCCCCCCCCCCCCC3)c1. The second-order valence-electron chi connectivity index (χ2n) is 23.3. The largest absolute Gasteiger partial charge is 0.507 e. The maximum Gasteiger partial charge on any atom is 0.278 e. The van der Waals surface area contributed by atoms with Crippen LogP contribution in [0.15, 0.2) is 168 Å². The van der Waals surface area contributed by atoms with Crippen LogP contribution in [0.25, 0.3) is 0 Å². The van der Waals surface area contributed by atoms with Gasteiger partial charge in [-0.2, -0.15) is 40.9 Å². The molecule has 8 bridgehead atoms. The minimum atomic E-state index is -0.873. The topological polar surface area (TPSA) is 482 Å². The molecular weight excluding hydrogens is 1290 g/mol. The highest BCUT2D eigenvalue weighted by Gasteiger charge is 2.24. The molecule has 1 aliphatic rings. The molecule has 0 amide bonds. The molecule has 33 nitrogen and oxygen atoms in total. The van der Waals surface area contributed by atoms with Crippen LogP contribution in [0.1, 0.15) is 128 Å². The van der Waals surface area contributed by atoms with Crippen LogP contribution in [-0.2, 0) is 32.1 Å². The molecule has 4 N–H and O–H groups in total. The van der Waals surface area contributed by atoms with Gasteiger partial charge in [0.05, 0.1) is 98.2 Å². The highest BCUT2D eigenvalue weighted by atomic mass is 16.7. The van der Waals surface area contributed by atoms with Crippen molar-refractivity contribution in [3.63, 3.8) is 0 Å². The minimum absolute atomic E-state index is 0.00728. The van der Waals surface area contributed by atoms with Crippen molar-refractivity contribution in [1.82, 2.24) is 0 Å². The molecule has 0 aliphatic heterocycles. The first-order valence-electron chi connectivity index (χ1n) is 31.1. The smallest absolute Gasteiger partial charge is 0.278 e. The number of benzene rings is 8. The predicted molar refractivity (Wildman–Crippen MR) is 357 cm³/mol. The Morgan fingerprint density at radius 2 is 0.424 bits per heavy atom. The number of hydrogen-bond donors (Lipinski definition) is 4. The van der Waals surface area contributed by atoms with E-state index in [1.54, 1.807) is 6.07 Å². The van der Waals surface area contributed by atoms with E-state index in [4.69, 9.17) is 0 Å². The summed E-state index contributed by atoms with van der Waals surface area (Å²) in [6.07, 6.45) is 11.3. The van der Waals surface area contributed by atoms with Gasteiger partial charge < -0.3 is 20.4 Å². The lowest BCUT2D eigenvalue weighted by Gasteiger charge is -2.17. The lowest BCUT2D eigenvalue weighted by Crippen LogP contribution is -1.99. The fourth-order valence-electron chi connectivity index (χ4n) is 11.3. The quantitative estimate of drug-likeness (QED) is 0.0421. The number of azo groups is 4. The fourth-order valence-corrected chi connectivity index (χ4v) is 11.3. The zero-order chi connectivity index (χ0) is 70.9. The average Bonchev–Trinajstić information content (AvgIpc) is 0.799. The summed E-state index contributed by atoms with van der Waals surface area (Å²) in [7, 11) is 0. The van der Waals surface area contributed by atoms with Gasteiger partial charge in [-0.25, -0.2) is 0 Å². The second-order valence-corrected chi connectivity index (χ2v) is 23.3. The van der Waals surface area contributed by atoms with Crippen LogP contribution in [0.4, 0.5) is 85.3 Å². The van der Waals surface area contributed by atoms with Gasteiger partial charge in [0.1, 0.15) is 23.0 Å². The molecule has 0 saturated carbocycles.